The zero-order valence-corrected chi connectivity index (χ0v) is 16.0. The van der Waals surface area contributed by atoms with E-state index in [4.69, 9.17) is 14.6 Å². The maximum Gasteiger partial charge on any atom is 0.335 e. The van der Waals surface area contributed by atoms with E-state index in [2.05, 4.69) is 11.7 Å². The van der Waals surface area contributed by atoms with Gasteiger partial charge in [0.2, 0.25) is 0 Å². The number of benzene rings is 2. The van der Waals surface area contributed by atoms with Crippen LogP contribution in [0.3, 0.4) is 0 Å². The molecule has 1 heterocycles. The number of hydrogen-bond acceptors (Lipinski definition) is 6. The third-order valence-corrected chi connectivity index (χ3v) is 4.41. The Kier molecular flexibility index (Phi) is 5.41. The Morgan fingerprint density at radius 3 is 2.33 bits per heavy atom. The first-order chi connectivity index (χ1) is 14.3. The first-order valence-corrected chi connectivity index (χ1v) is 8.52. The minimum atomic E-state index is -1.09. The smallest absolute Gasteiger partial charge is 0.335 e. The maximum atomic E-state index is 12.9. The Labute approximate surface area is 169 Å². The molecular formula is C20H17N3O7. The molecule has 0 aliphatic carbocycles. The topological polar surface area (TPSA) is 137 Å². The summed E-state index contributed by atoms with van der Waals surface area (Å²) in [4.78, 5) is 34.8. The van der Waals surface area contributed by atoms with Crippen molar-refractivity contribution in [1.82, 2.24) is 9.78 Å². The van der Waals surface area contributed by atoms with Crippen molar-refractivity contribution in [2.75, 3.05) is 14.2 Å². The molecule has 3 rings (SSSR count). The SMILES string of the molecule is C=c1[nH]n(-c2ccc(C(=O)O)cc2)c(=O)/c1=C\c1cc(OC)c(OC)cc1[N+](=O)[O-]. The van der Waals surface area contributed by atoms with Gasteiger partial charge in [-0.05, 0) is 36.4 Å². The molecule has 0 bridgehead atoms. The van der Waals surface area contributed by atoms with Crippen molar-refractivity contribution < 1.29 is 24.3 Å². The summed E-state index contributed by atoms with van der Waals surface area (Å²) >= 11 is 0. The minimum absolute atomic E-state index is 0.0703. The monoisotopic (exact) mass is 411 g/mol. The third kappa shape index (κ3) is 3.65. The number of rotatable bonds is 6. The number of carbonyl (C=O) groups is 1. The average molecular weight is 411 g/mol. The second kappa shape index (κ2) is 7.95. The molecule has 0 aliphatic rings. The van der Waals surface area contributed by atoms with Gasteiger partial charge in [0.1, 0.15) is 0 Å². The van der Waals surface area contributed by atoms with Gasteiger partial charge in [-0.3, -0.25) is 20.0 Å². The van der Waals surface area contributed by atoms with Crippen molar-refractivity contribution in [2.45, 2.75) is 0 Å². The van der Waals surface area contributed by atoms with Crippen molar-refractivity contribution >= 4 is 24.3 Å². The number of ether oxygens (including phenoxy) is 2. The van der Waals surface area contributed by atoms with Gasteiger partial charge in [0.15, 0.2) is 11.5 Å². The largest absolute Gasteiger partial charge is 0.493 e. The van der Waals surface area contributed by atoms with Crippen molar-refractivity contribution in [3.63, 3.8) is 0 Å². The summed E-state index contributed by atoms with van der Waals surface area (Å²) in [6.45, 7) is 3.79. The minimum Gasteiger partial charge on any atom is -0.493 e. The lowest BCUT2D eigenvalue weighted by Gasteiger charge is -2.08. The zero-order valence-electron chi connectivity index (χ0n) is 16.0. The van der Waals surface area contributed by atoms with E-state index in [1.807, 2.05) is 0 Å². The van der Waals surface area contributed by atoms with Crippen LogP contribution in [0.25, 0.3) is 18.3 Å². The third-order valence-electron chi connectivity index (χ3n) is 4.41. The summed E-state index contributed by atoms with van der Waals surface area (Å²) in [7, 11) is 2.75. The zero-order chi connectivity index (χ0) is 22.0. The van der Waals surface area contributed by atoms with Crippen LogP contribution < -0.4 is 25.6 Å². The fraction of sp³-hybridized carbons (Fsp3) is 0.100. The van der Waals surface area contributed by atoms with E-state index in [-0.39, 0.29) is 38.9 Å². The Morgan fingerprint density at radius 2 is 1.80 bits per heavy atom. The lowest BCUT2D eigenvalue weighted by Crippen LogP contribution is -2.34. The molecule has 154 valence electrons. The Balaban J connectivity index is 2.20. The number of nitro groups is 1. The van der Waals surface area contributed by atoms with Gasteiger partial charge in [-0.2, -0.15) is 0 Å². The Hall–Kier alpha value is -4.34. The van der Waals surface area contributed by atoms with Crippen LogP contribution in [0.1, 0.15) is 15.9 Å². The number of aromatic carboxylic acids is 1. The van der Waals surface area contributed by atoms with Gasteiger partial charge in [0.05, 0.1) is 52.6 Å². The number of nitrogens with one attached hydrogen (secondary N) is 1. The summed E-state index contributed by atoms with van der Waals surface area (Å²) in [5.74, 6) is -0.644. The molecule has 0 radical (unpaired) electrons. The molecule has 0 amide bonds. The van der Waals surface area contributed by atoms with Crippen molar-refractivity contribution in [3.8, 4) is 17.2 Å². The number of nitrogens with zero attached hydrogens (tertiary/aromatic N) is 2. The number of hydrogen-bond donors (Lipinski definition) is 2. The van der Waals surface area contributed by atoms with Crippen LogP contribution in [0.2, 0.25) is 0 Å². The second-order valence-electron chi connectivity index (χ2n) is 6.16. The highest BCUT2D eigenvalue weighted by Crippen LogP contribution is 2.34. The molecule has 0 atom stereocenters. The van der Waals surface area contributed by atoms with Crippen LogP contribution in [0.5, 0.6) is 11.5 Å². The van der Waals surface area contributed by atoms with Gasteiger partial charge in [0, 0.05) is 0 Å². The first-order valence-electron chi connectivity index (χ1n) is 8.52. The molecule has 2 aromatic carbocycles. The fourth-order valence-electron chi connectivity index (χ4n) is 2.89. The average Bonchev–Trinajstić information content (AvgIpc) is 3.01. The van der Waals surface area contributed by atoms with Gasteiger partial charge in [-0.15, -0.1) is 0 Å². The lowest BCUT2D eigenvalue weighted by molar-refractivity contribution is -0.385. The van der Waals surface area contributed by atoms with E-state index in [0.717, 1.165) is 0 Å². The number of carboxylic acids is 1. The quantitative estimate of drug-likeness (QED) is 0.456. The van der Waals surface area contributed by atoms with Crippen LogP contribution in [-0.2, 0) is 0 Å². The molecule has 0 aliphatic heterocycles. The second-order valence-corrected chi connectivity index (χ2v) is 6.16. The van der Waals surface area contributed by atoms with Gasteiger partial charge < -0.3 is 14.6 Å². The van der Waals surface area contributed by atoms with E-state index in [9.17, 15) is 19.7 Å². The molecule has 30 heavy (non-hydrogen) atoms. The highest BCUT2D eigenvalue weighted by Gasteiger charge is 2.19. The lowest BCUT2D eigenvalue weighted by atomic mass is 10.1. The molecular weight excluding hydrogens is 394 g/mol. The van der Waals surface area contributed by atoms with Gasteiger partial charge in [0.25, 0.3) is 11.2 Å². The summed E-state index contributed by atoms with van der Waals surface area (Å²) in [5.41, 5.74) is -0.193. The van der Waals surface area contributed by atoms with Gasteiger partial charge in [-0.25, -0.2) is 9.48 Å². The molecule has 3 aromatic rings. The highest BCUT2D eigenvalue weighted by molar-refractivity contribution is 5.87. The molecule has 0 saturated heterocycles. The number of methoxy groups -OCH3 is 2. The maximum absolute atomic E-state index is 12.9. The molecule has 0 spiro atoms. The van der Waals surface area contributed by atoms with Crippen molar-refractivity contribution in [3.05, 3.63) is 78.6 Å². The predicted octanol–water partition coefficient (Wildman–Crippen LogP) is 1.03. The van der Waals surface area contributed by atoms with Crippen LogP contribution in [0.4, 0.5) is 5.69 Å². The summed E-state index contributed by atoms with van der Waals surface area (Å²) in [6, 6.07) is 8.25. The van der Waals surface area contributed by atoms with E-state index in [1.165, 1.54) is 61.4 Å². The van der Waals surface area contributed by atoms with Crippen LogP contribution >= 0.6 is 0 Å². The van der Waals surface area contributed by atoms with Crippen LogP contribution in [0.15, 0.2) is 41.2 Å². The van der Waals surface area contributed by atoms with Crippen molar-refractivity contribution in [1.29, 1.82) is 0 Å². The summed E-state index contributed by atoms with van der Waals surface area (Å²) in [5, 5.41) is 23.6. The number of nitro benzene ring substituents is 1. The highest BCUT2D eigenvalue weighted by atomic mass is 16.6. The molecule has 10 heteroatoms. The normalized spacial score (nSPS) is 11.3. The molecule has 1 aromatic heterocycles. The molecule has 10 nitrogen and oxygen atoms in total. The van der Waals surface area contributed by atoms with E-state index >= 15 is 0 Å². The van der Waals surface area contributed by atoms with E-state index < -0.39 is 16.5 Å². The Morgan fingerprint density at radius 1 is 1.20 bits per heavy atom. The summed E-state index contributed by atoms with van der Waals surface area (Å²) in [6.07, 6.45) is 1.34. The predicted molar refractivity (Wildman–Crippen MR) is 108 cm³/mol. The first kappa shape index (κ1) is 20.4. The number of carboxylic acid groups (broad SMARTS) is 1. The number of aromatic nitrogens is 2. The van der Waals surface area contributed by atoms with E-state index in [0.29, 0.717) is 5.69 Å². The van der Waals surface area contributed by atoms with E-state index in [1.54, 1.807) is 0 Å². The Bertz CT molecular complexity index is 1300. The number of aromatic amines is 1. The molecule has 0 saturated carbocycles. The molecule has 0 unspecified atom stereocenters. The van der Waals surface area contributed by atoms with Crippen LogP contribution in [0, 0.1) is 10.1 Å². The summed E-state index contributed by atoms with van der Waals surface area (Å²) < 4.78 is 11.5. The standard InChI is InChI=1S/C20H17N3O7/c1-11-15(8-13-9-17(29-2)18(30-3)10-16(13)23(27)28)19(24)22(21-11)14-6-4-12(5-7-14)20(25)26/h4-10,21H,1H2,2-3H3,(H,25,26)/b15-8-. The number of H-pyrrole nitrogens is 1. The van der Waals surface area contributed by atoms with Crippen molar-refractivity contribution in [2.24, 2.45) is 0 Å². The van der Waals surface area contributed by atoms with Gasteiger partial charge >= 0.3 is 5.97 Å². The molecule has 0 fully saturated rings. The van der Waals surface area contributed by atoms with Gasteiger partial charge in [-0.1, -0.05) is 6.58 Å². The molecule has 2 N–H and O–H groups in total. The van der Waals surface area contributed by atoms with Crippen LogP contribution in [-0.4, -0.2) is 40.0 Å². The fourth-order valence-corrected chi connectivity index (χ4v) is 2.89.